The van der Waals surface area contributed by atoms with Crippen LogP contribution in [0.4, 0.5) is 5.82 Å². The van der Waals surface area contributed by atoms with Crippen LogP contribution in [-0.4, -0.2) is 36.5 Å². The van der Waals surface area contributed by atoms with Crippen LogP contribution in [0, 0.1) is 6.92 Å². The van der Waals surface area contributed by atoms with Gasteiger partial charge in [0.1, 0.15) is 11.6 Å². The highest BCUT2D eigenvalue weighted by molar-refractivity contribution is 14.0. The Morgan fingerprint density at radius 3 is 2.62 bits per heavy atom. The highest BCUT2D eigenvalue weighted by Gasteiger charge is 2.06. The van der Waals surface area contributed by atoms with Crippen molar-refractivity contribution in [2.75, 3.05) is 25.0 Å². The van der Waals surface area contributed by atoms with Gasteiger partial charge in [-0.25, -0.2) is 9.98 Å². The van der Waals surface area contributed by atoms with Crippen molar-refractivity contribution in [1.82, 2.24) is 15.6 Å². The number of pyridine rings is 1. The van der Waals surface area contributed by atoms with Crippen molar-refractivity contribution in [1.29, 1.82) is 0 Å². The molecule has 0 unspecified atom stereocenters. The maximum absolute atomic E-state index is 12.1. The summed E-state index contributed by atoms with van der Waals surface area (Å²) in [5, 5.41) is 9.18. The fraction of sp³-hybridized carbons (Fsp3) is 0.381. The highest BCUT2D eigenvalue weighted by atomic mass is 127. The van der Waals surface area contributed by atoms with Gasteiger partial charge in [0, 0.05) is 30.8 Å². The van der Waals surface area contributed by atoms with Crippen LogP contribution >= 0.6 is 24.0 Å². The van der Waals surface area contributed by atoms with Crippen LogP contribution in [0.25, 0.3) is 0 Å². The highest BCUT2D eigenvalue weighted by Crippen LogP contribution is 2.18. The number of rotatable bonds is 9. The number of hydrogen-bond acceptors (Lipinski definition) is 4. The number of aryl methyl sites for hydroxylation is 1. The molecule has 2 rings (SSSR count). The van der Waals surface area contributed by atoms with E-state index in [-0.39, 0.29) is 29.9 Å². The van der Waals surface area contributed by atoms with E-state index in [2.05, 4.69) is 25.9 Å². The molecule has 0 aliphatic heterocycles. The van der Waals surface area contributed by atoms with E-state index in [9.17, 15) is 4.79 Å². The molecule has 0 atom stereocenters. The summed E-state index contributed by atoms with van der Waals surface area (Å²) in [5.74, 6) is 1.98. The van der Waals surface area contributed by atoms with Crippen LogP contribution in [0.15, 0.2) is 47.5 Å². The maximum atomic E-state index is 12.1. The number of nitrogens with zero attached hydrogens (tertiary/aromatic N) is 2. The number of anilines is 1. The second-order valence-corrected chi connectivity index (χ2v) is 6.13. The Bertz CT molecular complexity index is 798. The van der Waals surface area contributed by atoms with Crippen LogP contribution in [0.3, 0.4) is 0 Å². The zero-order chi connectivity index (χ0) is 20.2. The second kappa shape index (κ2) is 13.8. The Kier molecular flexibility index (Phi) is 11.7. The van der Waals surface area contributed by atoms with Gasteiger partial charge in [-0.2, -0.15) is 0 Å². The van der Waals surface area contributed by atoms with Crippen molar-refractivity contribution in [3.63, 3.8) is 0 Å². The molecule has 0 radical (unpaired) electrons. The molecule has 8 heteroatoms. The molecule has 2 aromatic rings. The Hall–Kier alpha value is -2.36. The van der Waals surface area contributed by atoms with Gasteiger partial charge in [0.25, 0.3) is 0 Å². The maximum Gasteiger partial charge on any atom is 0.227 e. The smallest absolute Gasteiger partial charge is 0.227 e. The molecule has 0 saturated carbocycles. The Labute approximate surface area is 189 Å². The molecule has 7 nitrogen and oxygen atoms in total. The second-order valence-electron chi connectivity index (χ2n) is 6.13. The third-order valence-corrected chi connectivity index (χ3v) is 3.82. The summed E-state index contributed by atoms with van der Waals surface area (Å²) in [5.41, 5.74) is 1.88. The molecule has 1 heterocycles. The average molecular weight is 511 g/mol. The fourth-order valence-corrected chi connectivity index (χ4v) is 2.55. The van der Waals surface area contributed by atoms with Crippen molar-refractivity contribution in [2.45, 2.75) is 33.7 Å². The average Bonchev–Trinajstić information content (AvgIpc) is 2.67. The monoisotopic (exact) mass is 511 g/mol. The van der Waals surface area contributed by atoms with E-state index in [4.69, 9.17) is 4.74 Å². The number of benzene rings is 1. The normalized spacial score (nSPS) is 10.7. The van der Waals surface area contributed by atoms with Crippen molar-refractivity contribution in [3.05, 3.63) is 53.7 Å². The topological polar surface area (TPSA) is 87.6 Å². The number of hydrogen-bond donors (Lipinski definition) is 3. The van der Waals surface area contributed by atoms with Gasteiger partial charge in [0.2, 0.25) is 5.91 Å². The molecular formula is C21H30IN5O2. The SMILES string of the molecule is CCNC(=NCc1ccccc1OCC)NCCC(=O)Nc1cccc(C)n1.I. The van der Waals surface area contributed by atoms with E-state index < -0.39 is 0 Å². The molecule has 0 aliphatic rings. The minimum atomic E-state index is -0.0943. The molecule has 158 valence electrons. The zero-order valence-corrected chi connectivity index (χ0v) is 19.5. The predicted molar refractivity (Wildman–Crippen MR) is 128 cm³/mol. The van der Waals surface area contributed by atoms with Gasteiger partial charge < -0.3 is 20.7 Å². The third-order valence-electron chi connectivity index (χ3n) is 3.82. The summed E-state index contributed by atoms with van der Waals surface area (Å²) >= 11 is 0. The standard InChI is InChI=1S/C21H29N5O2.HI/c1-4-22-21(24-15-17-10-6-7-11-18(17)28-5-2)23-14-13-20(27)26-19-12-8-9-16(3)25-19;/h6-12H,4-5,13-15H2,1-3H3,(H2,22,23,24)(H,25,26,27);1H. The Morgan fingerprint density at radius 2 is 1.90 bits per heavy atom. The number of amides is 1. The number of aliphatic imine (C=N–C) groups is 1. The predicted octanol–water partition coefficient (Wildman–Crippen LogP) is 3.49. The van der Waals surface area contributed by atoms with Gasteiger partial charge in [0.05, 0.1) is 13.2 Å². The summed E-state index contributed by atoms with van der Waals surface area (Å²) in [4.78, 5) is 21.0. The Morgan fingerprint density at radius 1 is 1.10 bits per heavy atom. The number of halogens is 1. The number of carbonyl (C=O) groups is 1. The van der Waals surface area contributed by atoms with Gasteiger partial charge >= 0.3 is 0 Å². The molecule has 1 amide bonds. The minimum Gasteiger partial charge on any atom is -0.494 e. The molecule has 0 fully saturated rings. The van der Waals surface area contributed by atoms with Gasteiger partial charge in [-0.3, -0.25) is 4.79 Å². The van der Waals surface area contributed by atoms with Gasteiger partial charge in [-0.05, 0) is 39.0 Å². The van der Waals surface area contributed by atoms with Crippen molar-refractivity contribution >= 4 is 41.7 Å². The Balaban J connectivity index is 0.00000420. The van der Waals surface area contributed by atoms with E-state index >= 15 is 0 Å². The minimum absolute atomic E-state index is 0. The fourth-order valence-electron chi connectivity index (χ4n) is 2.55. The lowest BCUT2D eigenvalue weighted by molar-refractivity contribution is -0.116. The van der Waals surface area contributed by atoms with Crippen LogP contribution in [0.2, 0.25) is 0 Å². The molecule has 0 bridgehead atoms. The lowest BCUT2D eigenvalue weighted by Gasteiger charge is -2.12. The first-order chi connectivity index (χ1) is 13.6. The number of nitrogens with one attached hydrogen (secondary N) is 3. The first kappa shape index (κ1) is 24.7. The zero-order valence-electron chi connectivity index (χ0n) is 17.2. The number of aromatic nitrogens is 1. The molecule has 1 aromatic heterocycles. The molecule has 29 heavy (non-hydrogen) atoms. The number of ether oxygens (including phenoxy) is 1. The first-order valence-electron chi connectivity index (χ1n) is 9.58. The van der Waals surface area contributed by atoms with E-state index in [1.54, 1.807) is 6.07 Å². The van der Waals surface area contributed by atoms with Crippen molar-refractivity contribution < 1.29 is 9.53 Å². The molecule has 0 saturated heterocycles. The lowest BCUT2D eigenvalue weighted by Crippen LogP contribution is -2.38. The summed E-state index contributed by atoms with van der Waals surface area (Å²) < 4.78 is 5.64. The van der Waals surface area contributed by atoms with Crippen LogP contribution < -0.4 is 20.7 Å². The summed E-state index contributed by atoms with van der Waals surface area (Å²) in [6, 6.07) is 13.4. The quantitative estimate of drug-likeness (QED) is 0.273. The summed E-state index contributed by atoms with van der Waals surface area (Å²) in [6.07, 6.45) is 0.315. The lowest BCUT2D eigenvalue weighted by atomic mass is 10.2. The number of para-hydroxylation sites is 1. The summed E-state index contributed by atoms with van der Waals surface area (Å²) in [7, 11) is 0. The van der Waals surface area contributed by atoms with E-state index in [1.807, 2.05) is 57.2 Å². The van der Waals surface area contributed by atoms with E-state index in [1.165, 1.54) is 0 Å². The van der Waals surface area contributed by atoms with Crippen LogP contribution in [-0.2, 0) is 11.3 Å². The molecule has 0 spiro atoms. The number of carbonyl (C=O) groups excluding carboxylic acids is 1. The van der Waals surface area contributed by atoms with Crippen LogP contribution in [0.1, 0.15) is 31.5 Å². The van der Waals surface area contributed by atoms with Gasteiger partial charge in [-0.15, -0.1) is 24.0 Å². The van der Waals surface area contributed by atoms with E-state index in [0.29, 0.717) is 37.9 Å². The van der Waals surface area contributed by atoms with E-state index in [0.717, 1.165) is 23.6 Å². The third kappa shape index (κ3) is 9.12. The van der Waals surface area contributed by atoms with Crippen LogP contribution in [0.5, 0.6) is 5.75 Å². The molecule has 1 aromatic carbocycles. The van der Waals surface area contributed by atoms with Crippen molar-refractivity contribution in [3.8, 4) is 5.75 Å². The largest absolute Gasteiger partial charge is 0.494 e. The van der Waals surface area contributed by atoms with Gasteiger partial charge in [0.15, 0.2) is 5.96 Å². The first-order valence-corrected chi connectivity index (χ1v) is 9.58. The van der Waals surface area contributed by atoms with Crippen molar-refractivity contribution in [2.24, 2.45) is 4.99 Å². The summed E-state index contributed by atoms with van der Waals surface area (Å²) in [6.45, 7) is 8.16. The van der Waals surface area contributed by atoms with Gasteiger partial charge in [-0.1, -0.05) is 24.3 Å². The number of guanidine groups is 1. The molecule has 3 N–H and O–H groups in total. The molecule has 0 aliphatic carbocycles. The molecular weight excluding hydrogens is 481 g/mol.